The van der Waals surface area contributed by atoms with Crippen LogP contribution in [0.4, 0.5) is 0 Å². The molecular formula is C25H19PS2. The first-order valence-corrected chi connectivity index (χ1v) is 12.7. The second-order valence-electron chi connectivity index (χ2n) is 6.59. The van der Waals surface area contributed by atoms with Crippen LogP contribution >= 0.6 is 29.6 Å². The molecule has 0 saturated heterocycles. The van der Waals surface area contributed by atoms with E-state index in [9.17, 15) is 0 Å². The Morgan fingerprint density at radius 3 is 1.07 bits per heavy atom. The van der Waals surface area contributed by atoms with E-state index in [1.54, 1.807) is 0 Å². The van der Waals surface area contributed by atoms with Crippen molar-refractivity contribution in [3.8, 4) is 0 Å². The number of hydrogen-bond acceptors (Lipinski definition) is 2. The van der Waals surface area contributed by atoms with Crippen molar-refractivity contribution in [2.24, 2.45) is 0 Å². The van der Waals surface area contributed by atoms with Gasteiger partial charge in [-0.05, 0) is 28.0 Å². The molecule has 0 saturated carbocycles. The Morgan fingerprint density at radius 2 is 0.714 bits per heavy atom. The topological polar surface area (TPSA) is 0 Å². The third-order valence-electron chi connectivity index (χ3n) is 4.95. The van der Waals surface area contributed by atoms with Crippen LogP contribution in [0.2, 0.25) is 0 Å². The van der Waals surface area contributed by atoms with Gasteiger partial charge >= 0.3 is 0 Å². The molecule has 4 aromatic carbocycles. The van der Waals surface area contributed by atoms with Crippen LogP contribution in [0.5, 0.6) is 0 Å². The van der Waals surface area contributed by atoms with Crippen molar-refractivity contribution in [3.05, 3.63) is 119 Å². The summed E-state index contributed by atoms with van der Waals surface area (Å²) in [6.07, 6.45) is 0. The fraction of sp³-hybridized carbons (Fsp3) is 0. The van der Waals surface area contributed by atoms with E-state index < -0.39 is 6.89 Å². The lowest BCUT2D eigenvalue weighted by molar-refractivity contribution is 1.73. The fourth-order valence-electron chi connectivity index (χ4n) is 3.68. The molecule has 0 nitrogen and oxygen atoms in total. The molecule has 1 heterocycles. The zero-order valence-corrected chi connectivity index (χ0v) is 17.8. The van der Waals surface area contributed by atoms with Gasteiger partial charge in [0.05, 0.1) is 3.57 Å². The van der Waals surface area contributed by atoms with E-state index in [1.165, 1.54) is 28.9 Å². The monoisotopic (exact) mass is 414 g/mol. The van der Waals surface area contributed by atoms with E-state index >= 15 is 0 Å². The third-order valence-corrected chi connectivity index (χ3v) is 13.0. The maximum absolute atomic E-state index is 2.31. The minimum atomic E-state index is -1.94. The van der Waals surface area contributed by atoms with Crippen LogP contribution < -0.4 is 15.9 Å². The summed E-state index contributed by atoms with van der Waals surface area (Å²) in [6.45, 7) is -1.94. The molecule has 5 rings (SSSR count). The number of benzene rings is 4. The minimum absolute atomic E-state index is 1.37. The lowest BCUT2D eigenvalue weighted by Crippen LogP contribution is -2.25. The summed E-state index contributed by atoms with van der Waals surface area (Å²) < 4.78 is 4.24. The molecule has 28 heavy (non-hydrogen) atoms. The van der Waals surface area contributed by atoms with Gasteiger partial charge in [-0.25, -0.2) is 0 Å². The lowest BCUT2D eigenvalue weighted by Gasteiger charge is -2.27. The Hall–Kier alpha value is -2.38. The van der Waals surface area contributed by atoms with Gasteiger partial charge in [-0.3, -0.25) is 0 Å². The van der Waals surface area contributed by atoms with E-state index in [0.717, 1.165) is 0 Å². The maximum atomic E-state index is 2.31. The molecule has 0 spiro atoms. The summed E-state index contributed by atoms with van der Waals surface area (Å²) in [5, 5.41) is 4.24. The van der Waals surface area contributed by atoms with Crippen molar-refractivity contribution in [2.75, 3.05) is 0 Å². The van der Waals surface area contributed by atoms with Gasteiger partial charge in [-0.2, -0.15) is 0 Å². The Bertz CT molecular complexity index is 1160. The average molecular weight is 415 g/mol. The Balaban J connectivity index is 2.07. The number of rotatable bonds is 3. The standard InChI is InChI=1S/C25H19PS2/c1-4-12-20(13-5-1)26(21-14-6-2-7-15-21,22-16-8-3-9-17-22)25-27-23-18-10-11-19-24(23)28-25/h1-19H. The molecule has 1 aromatic heterocycles. The summed E-state index contributed by atoms with van der Waals surface area (Å²) in [5.41, 5.74) is 0. The summed E-state index contributed by atoms with van der Waals surface area (Å²) in [5.74, 6) is 0. The van der Waals surface area contributed by atoms with Crippen molar-refractivity contribution >= 4 is 54.9 Å². The lowest BCUT2D eigenvalue weighted by atomic mass is 10.4. The van der Waals surface area contributed by atoms with Crippen molar-refractivity contribution < 1.29 is 0 Å². The van der Waals surface area contributed by atoms with E-state index in [-0.39, 0.29) is 0 Å². The molecule has 0 N–H and O–H groups in total. The first-order valence-electron chi connectivity index (χ1n) is 9.27. The highest BCUT2D eigenvalue weighted by molar-refractivity contribution is 7.92. The molecule has 0 atom stereocenters. The first kappa shape index (κ1) is 17.7. The molecule has 0 aliphatic heterocycles. The van der Waals surface area contributed by atoms with E-state index in [4.69, 9.17) is 0 Å². The van der Waals surface area contributed by atoms with Gasteiger partial charge in [0.2, 0.25) is 0 Å². The predicted molar refractivity (Wildman–Crippen MR) is 128 cm³/mol. The predicted octanol–water partition coefficient (Wildman–Crippen LogP) is 6.49. The van der Waals surface area contributed by atoms with Crippen LogP contribution in [0.15, 0.2) is 115 Å². The van der Waals surface area contributed by atoms with Crippen LogP contribution in [0.3, 0.4) is 0 Å². The smallest absolute Gasteiger partial charge is 0.0890 e. The summed E-state index contributed by atoms with van der Waals surface area (Å²) in [4.78, 5) is 0. The molecule has 3 heteroatoms. The summed E-state index contributed by atoms with van der Waals surface area (Å²) in [6, 6.07) is 42.0. The Kier molecular flexibility index (Phi) is 4.78. The zero-order valence-electron chi connectivity index (χ0n) is 15.2. The number of fused-ring (bicyclic) bond motifs is 1. The minimum Gasteiger partial charge on any atom is -0.123 e. The van der Waals surface area contributed by atoms with Gasteiger partial charge in [0.25, 0.3) is 0 Å². The molecule has 0 radical (unpaired) electrons. The SMILES string of the molecule is c1ccc(P(c2ccccc2)(c2ccccc2)=c2sc3ccccc3s2)cc1. The van der Waals surface area contributed by atoms with Crippen LogP contribution in [0.1, 0.15) is 0 Å². The van der Waals surface area contributed by atoms with Crippen LogP contribution in [-0.2, 0) is 0 Å². The van der Waals surface area contributed by atoms with Gasteiger partial charge in [0, 0.05) is 16.3 Å². The highest BCUT2D eigenvalue weighted by Crippen LogP contribution is 2.51. The summed E-state index contributed by atoms with van der Waals surface area (Å²) >= 11 is 3.91. The van der Waals surface area contributed by atoms with Crippen molar-refractivity contribution in [3.63, 3.8) is 0 Å². The first-order chi connectivity index (χ1) is 13.9. The second kappa shape index (κ2) is 7.56. The van der Waals surface area contributed by atoms with E-state index in [0.29, 0.717) is 0 Å². The number of hydrogen-bond donors (Lipinski definition) is 0. The third kappa shape index (κ3) is 2.89. The van der Waals surface area contributed by atoms with Crippen LogP contribution in [-0.4, -0.2) is 0 Å². The molecule has 0 aliphatic carbocycles. The Labute approximate surface area is 173 Å². The van der Waals surface area contributed by atoms with Crippen LogP contribution in [0.25, 0.3) is 9.40 Å². The maximum Gasteiger partial charge on any atom is 0.0890 e. The van der Waals surface area contributed by atoms with Gasteiger partial charge < -0.3 is 0 Å². The molecule has 5 aromatic rings. The highest BCUT2D eigenvalue weighted by atomic mass is 32.2. The van der Waals surface area contributed by atoms with Gasteiger partial charge in [-0.15, -0.1) is 22.7 Å². The highest BCUT2D eigenvalue weighted by Gasteiger charge is 2.27. The average Bonchev–Trinajstić information content (AvgIpc) is 3.21. The van der Waals surface area contributed by atoms with Gasteiger partial charge in [0.1, 0.15) is 0 Å². The normalized spacial score (nSPS) is 11.6. The zero-order chi connectivity index (χ0) is 18.8. The molecule has 136 valence electrons. The van der Waals surface area contributed by atoms with Gasteiger partial charge in [-0.1, -0.05) is 103 Å². The molecular weight excluding hydrogens is 395 g/mol. The van der Waals surface area contributed by atoms with Crippen molar-refractivity contribution in [2.45, 2.75) is 0 Å². The van der Waals surface area contributed by atoms with Crippen LogP contribution in [0, 0.1) is 3.57 Å². The van der Waals surface area contributed by atoms with E-state index in [1.807, 2.05) is 22.7 Å². The molecule has 0 aliphatic rings. The van der Waals surface area contributed by atoms with Crippen molar-refractivity contribution in [1.29, 1.82) is 0 Å². The van der Waals surface area contributed by atoms with Crippen molar-refractivity contribution in [1.82, 2.24) is 0 Å². The molecule has 0 fully saturated rings. The molecule has 0 bridgehead atoms. The summed E-state index contributed by atoms with van der Waals surface area (Å²) in [7, 11) is 0. The van der Waals surface area contributed by atoms with E-state index in [2.05, 4.69) is 115 Å². The largest absolute Gasteiger partial charge is 0.123 e. The molecule has 0 unspecified atom stereocenters. The fourth-order valence-corrected chi connectivity index (χ4v) is 12.6. The van der Waals surface area contributed by atoms with Gasteiger partial charge in [0.15, 0.2) is 0 Å². The second-order valence-corrected chi connectivity index (χ2v) is 12.9. The Morgan fingerprint density at radius 1 is 0.393 bits per heavy atom. The molecule has 0 amide bonds. The quantitative estimate of drug-likeness (QED) is 0.296.